The van der Waals surface area contributed by atoms with Crippen LogP contribution in [0.15, 0.2) is 24.3 Å². The Hall–Kier alpha value is -1.21. The molecule has 1 aromatic rings. The van der Waals surface area contributed by atoms with Crippen molar-refractivity contribution >= 4 is 32.9 Å². The standard InChI is InChI=1S/C9H11FN2O2S2/c1-12(16(13,14)6-9(11)15)8-4-2-7(10)3-5-8/h2-5H,6H2,1H3,(H2,11,15). The number of sulfonamides is 1. The monoisotopic (exact) mass is 262 g/mol. The smallest absolute Gasteiger partial charge is 0.241 e. The zero-order valence-corrected chi connectivity index (χ0v) is 10.2. The minimum atomic E-state index is -3.58. The lowest BCUT2D eigenvalue weighted by atomic mass is 10.3. The van der Waals surface area contributed by atoms with Gasteiger partial charge in [-0.1, -0.05) is 12.2 Å². The second kappa shape index (κ2) is 4.75. The third-order valence-electron chi connectivity index (χ3n) is 1.93. The molecule has 16 heavy (non-hydrogen) atoms. The number of hydrogen-bond acceptors (Lipinski definition) is 3. The minimum absolute atomic E-state index is 0.103. The van der Waals surface area contributed by atoms with Crippen LogP contribution in [0.25, 0.3) is 0 Å². The van der Waals surface area contributed by atoms with E-state index in [1.54, 1.807) is 0 Å². The average Bonchev–Trinajstić information content (AvgIpc) is 2.16. The average molecular weight is 262 g/mol. The van der Waals surface area contributed by atoms with Crippen molar-refractivity contribution in [3.05, 3.63) is 30.1 Å². The van der Waals surface area contributed by atoms with E-state index in [2.05, 4.69) is 12.2 Å². The Morgan fingerprint density at radius 1 is 1.44 bits per heavy atom. The number of rotatable bonds is 4. The first kappa shape index (κ1) is 12.9. The molecule has 0 atom stereocenters. The first-order valence-electron chi connectivity index (χ1n) is 4.33. The number of benzene rings is 1. The highest BCUT2D eigenvalue weighted by Crippen LogP contribution is 2.16. The van der Waals surface area contributed by atoms with Crippen LogP contribution in [-0.2, 0) is 10.0 Å². The zero-order chi connectivity index (χ0) is 12.3. The van der Waals surface area contributed by atoms with Crippen LogP contribution in [-0.4, -0.2) is 26.2 Å². The highest BCUT2D eigenvalue weighted by molar-refractivity contribution is 7.95. The van der Waals surface area contributed by atoms with Gasteiger partial charge in [-0.15, -0.1) is 0 Å². The Balaban J connectivity index is 2.97. The highest BCUT2D eigenvalue weighted by atomic mass is 32.2. The molecular weight excluding hydrogens is 251 g/mol. The fourth-order valence-corrected chi connectivity index (χ4v) is 2.53. The Bertz CT molecular complexity index is 485. The summed E-state index contributed by atoms with van der Waals surface area (Å²) in [5.41, 5.74) is 5.54. The van der Waals surface area contributed by atoms with Gasteiger partial charge in [-0.25, -0.2) is 12.8 Å². The lowest BCUT2D eigenvalue weighted by molar-refractivity contribution is 0.598. The number of nitrogens with two attached hydrogens (primary N) is 1. The largest absolute Gasteiger partial charge is 0.392 e. The van der Waals surface area contributed by atoms with E-state index in [0.29, 0.717) is 5.69 Å². The predicted molar refractivity (Wildman–Crippen MR) is 65.4 cm³/mol. The van der Waals surface area contributed by atoms with E-state index in [1.807, 2.05) is 0 Å². The van der Waals surface area contributed by atoms with Crippen molar-refractivity contribution in [2.75, 3.05) is 17.1 Å². The van der Waals surface area contributed by atoms with Crippen molar-refractivity contribution in [2.45, 2.75) is 0 Å². The van der Waals surface area contributed by atoms with Crippen molar-refractivity contribution in [1.82, 2.24) is 0 Å². The molecule has 0 fully saturated rings. The van der Waals surface area contributed by atoms with Crippen LogP contribution in [0.5, 0.6) is 0 Å². The molecule has 0 aliphatic rings. The first-order chi connectivity index (χ1) is 7.33. The molecule has 0 saturated carbocycles. The van der Waals surface area contributed by atoms with Gasteiger partial charge in [0, 0.05) is 7.05 Å². The lowest BCUT2D eigenvalue weighted by Gasteiger charge is -2.18. The predicted octanol–water partition coefficient (Wildman–Crippen LogP) is 0.878. The number of hydrogen-bond donors (Lipinski definition) is 1. The summed E-state index contributed by atoms with van der Waals surface area (Å²) in [5, 5.41) is 0. The molecule has 0 aliphatic heterocycles. The second-order valence-electron chi connectivity index (χ2n) is 3.17. The van der Waals surface area contributed by atoms with Crippen LogP contribution < -0.4 is 10.0 Å². The SMILES string of the molecule is CN(c1ccc(F)cc1)S(=O)(=O)CC(N)=S. The van der Waals surface area contributed by atoms with Gasteiger partial charge in [0.1, 0.15) is 11.6 Å². The van der Waals surface area contributed by atoms with Gasteiger partial charge in [0.2, 0.25) is 10.0 Å². The van der Waals surface area contributed by atoms with Crippen LogP contribution in [0.4, 0.5) is 10.1 Å². The first-order valence-corrected chi connectivity index (χ1v) is 6.35. The molecule has 4 nitrogen and oxygen atoms in total. The van der Waals surface area contributed by atoms with Crippen molar-refractivity contribution in [1.29, 1.82) is 0 Å². The van der Waals surface area contributed by atoms with E-state index in [4.69, 9.17) is 5.73 Å². The van der Waals surface area contributed by atoms with Crippen molar-refractivity contribution in [3.63, 3.8) is 0 Å². The molecule has 0 aromatic heterocycles. The van der Waals surface area contributed by atoms with Gasteiger partial charge in [0.25, 0.3) is 0 Å². The maximum atomic E-state index is 12.6. The van der Waals surface area contributed by atoms with Gasteiger partial charge in [-0.2, -0.15) is 0 Å². The molecule has 1 rings (SSSR count). The Morgan fingerprint density at radius 2 is 1.94 bits per heavy atom. The molecule has 0 aliphatic carbocycles. The van der Waals surface area contributed by atoms with Gasteiger partial charge in [-0.3, -0.25) is 4.31 Å². The fourth-order valence-electron chi connectivity index (χ4n) is 1.09. The summed E-state index contributed by atoms with van der Waals surface area (Å²) < 4.78 is 37.0. The minimum Gasteiger partial charge on any atom is -0.392 e. The summed E-state index contributed by atoms with van der Waals surface area (Å²) in [6.45, 7) is 0. The summed E-state index contributed by atoms with van der Waals surface area (Å²) in [4.78, 5) is -0.103. The Morgan fingerprint density at radius 3 is 2.38 bits per heavy atom. The summed E-state index contributed by atoms with van der Waals surface area (Å²) in [5.74, 6) is -0.833. The Kier molecular flexibility index (Phi) is 3.82. The fraction of sp³-hybridized carbons (Fsp3) is 0.222. The molecule has 0 unspecified atom stereocenters. The topological polar surface area (TPSA) is 63.4 Å². The molecule has 0 saturated heterocycles. The van der Waals surface area contributed by atoms with Gasteiger partial charge >= 0.3 is 0 Å². The van der Waals surface area contributed by atoms with Crippen molar-refractivity contribution in [3.8, 4) is 0 Å². The maximum Gasteiger partial charge on any atom is 0.241 e. The lowest BCUT2D eigenvalue weighted by Crippen LogP contribution is -2.34. The molecule has 2 N–H and O–H groups in total. The number of halogens is 1. The molecule has 0 spiro atoms. The molecule has 0 amide bonds. The van der Waals surface area contributed by atoms with E-state index in [9.17, 15) is 12.8 Å². The van der Waals surface area contributed by atoms with Crippen LogP contribution in [0.3, 0.4) is 0 Å². The molecule has 88 valence electrons. The Labute approximate surface area is 98.9 Å². The number of nitrogens with zero attached hydrogens (tertiary/aromatic N) is 1. The van der Waals surface area contributed by atoms with Gasteiger partial charge in [0.15, 0.2) is 0 Å². The van der Waals surface area contributed by atoms with Gasteiger partial charge in [0.05, 0.1) is 10.7 Å². The maximum absolute atomic E-state index is 12.6. The van der Waals surface area contributed by atoms with E-state index < -0.39 is 21.6 Å². The van der Waals surface area contributed by atoms with Crippen LogP contribution in [0.2, 0.25) is 0 Å². The molecule has 1 aromatic carbocycles. The highest BCUT2D eigenvalue weighted by Gasteiger charge is 2.19. The quantitative estimate of drug-likeness (QED) is 0.818. The van der Waals surface area contributed by atoms with Crippen molar-refractivity contribution in [2.24, 2.45) is 5.73 Å². The van der Waals surface area contributed by atoms with Gasteiger partial charge < -0.3 is 5.73 Å². The summed E-state index contributed by atoms with van der Waals surface area (Å²) >= 11 is 4.55. The van der Waals surface area contributed by atoms with E-state index in [-0.39, 0.29) is 4.99 Å². The molecule has 0 heterocycles. The van der Waals surface area contributed by atoms with Crippen LogP contribution in [0, 0.1) is 5.82 Å². The van der Waals surface area contributed by atoms with Gasteiger partial charge in [-0.05, 0) is 24.3 Å². The van der Waals surface area contributed by atoms with E-state index >= 15 is 0 Å². The second-order valence-corrected chi connectivity index (χ2v) is 5.69. The van der Waals surface area contributed by atoms with Crippen molar-refractivity contribution < 1.29 is 12.8 Å². The van der Waals surface area contributed by atoms with Crippen LogP contribution in [0.1, 0.15) is 0 Å². The number of anilines is 1. The third kappa shape index (κ3) is 3.14. The van der Waals surface area contributed by atoms with E-state index in [0.717, 1.165) is 4.31 Å². The summed E-state index contributed by atoms with van der Waals surface area (Å²) in [6.07, 6.45) is 0. The normalized spacial score (nSPS) is 11.1. The summed E-state index contributed by atoms with van der Waals surface area (Å²) in [6, 6.07) is 5.10. The third-order valence-corrected chi connectivity index (χ3v) is 3.98. The van der Waals surface area contributed by atoms with Crippen LogP contribution >= 0.6 is 12.2 Å². The molecule has 0 radical (unpaired) electrons. The molecular formula is C9H11FN2O2S2. The molecule has 0 bridgehead atoms. The molecule has 7 heteroatoms. The number of thiocarbonyl (C=S) groups is 1. The van der Waals surface area contributed by atoms with E-state index in [1.165, 1.54) is 31.3 Å². The zero-order valence-electron chi connectivity index (χ0n) is 8.55. The summed E-state index contributed by atoms with van der Waals surface area (Å²) in [7, 11) is -2.22.